The lowest BCUT2D eigenvalue weighted by molar-refractivity contribution is -0.108. The Bertz CT molecular complexity index is 424. The van der Waals surface area contributed by atoms with Crippen LogP contribution in [0.4, 0.5) is 0 Å². The van der Waals surface area contributed by atoms with Crippen LogP contribution in [0.15, 0.2) is 12.7 Å². The molecule has 0 spiro atoms. The van der Waals surface area contributed by atoms with Crippen LogP contribution in [0.3, 0.4) is 0 Å². The van der Waals surface area contributed by atoms with E-state index in [2.05, 4.69) is 40.3 Å². The predicted molar refractivity (Wildman–Crippen MR) is 131 cm³/mol. The van der Waals surface area contributed by atoms with E-state index in [-0.39, 0.29) is 7.43 Å². The zero-order chi connectivity index (χ0) is 20.7. The summed E-state index contributed by atoms with van der Waals surface area (Å²) in [7, 11) is 0. The van der Waals surface area contributed by atoms with Crippen LogP contribution in [-0.4, -0.2) is 0 Å². The number of hydrogen-bond acceptors (Lipinski definition) is 0. The zero-order valence-corrected chi connectivity index (χ0v) is 20.2. The Kier molecular flexibility index (Phi) is 12.3. The summed E-state index contributed by atoms with van der Waals surface area (Å²) in [5, 5.41) is 0. The van der Waals surface area contributed by atoms with Crippen molar-refractivity contribution in [3.63, 3.8) is 0 Å². The fraction of sp³-hybridized carbons (Fsp3) is 0.929. The highest BCUT2D eigenvalue weighted by atomic mass is 14.6. The summed E-state index contributed by atoms with van der Waals surface area (Å²) in [6, 6.07) is 0. The Balaban J connectivity index is 0.00000137. The van der Waals surface area contributed by atoms with Crippen molar-refractivity contribution in [2.45, 2.75) is 127 Å². The first-order valence-corrected chi connectivity index (χ1v) is 12.7. The van der Waals surface area contributed by atoms with Crippen molar-refractivity contribution < 1.29 is 0 Å². The van der Waals surface area contributed by atoms with Gasteiger partial charge in [-0.1, -0.05) is 81.7 Å². The van der Waals surface area contributed by atoms with Crippen LogP contribution >= 0.6 is 0 Å². The molecule has 0 heterocycles. The first-order chi connectivity index (χ1) is 13.1. The lowest BCUT2D eigenvalue weighted by Gasteiger charge is -2.60. The maximum absolute atomic E-state index is 4.18. The van der Waals surface area contributed by atoms with Gasteiger partial charge in [0.1, 0.15) is 0 Å². The molecular weight excluding hydrogens is 336 g/mol. The summed E-state index contributed by atoms with van der Waals surface area (Å²) >= 11 is 0. The average Bonchev–Trinajstić information content (AvgIpc) is 3.07. The maximum atomic E-state index is 4.18. The van der Waals surface area contributed by atoms with Gasteiger partial charge >= 0.3 is 0 Å². The van der Waals surface area contributed by atoms with Gasteiger partial charge in [-0.05, 0) is 91.8 Å². The van der Waals surface area contributed by atoms with Gasteiger partial charge in [0.15, 0.2) is 0 Å². The van der Waals surface area contributed by atoms with Crippen molar-refractivity contribution >= 4 is 0 Å². The number of hydrogen-bond donors (Lipinski definition) is 0. The van der Waals surface area contributed by atoms with Gasteiger partial charge in [0.05, 0.1) is 0 Å². The lowest BCUT2D eigenvalue weighted by atomic mass is 9.45. The normalized spacial score (nSPS) is 41.1. The Morgan fingerprint density at radius 2 is 1.54 bits per heavy atom. The molecule has 0 aromatic rings. The molecule has 3 aliphatic rings. The summed E-state index contributed by atoms with van der Waals surface area (Å²) in [6.07, 6.45) is 16.9. The van der Waals surface area contributed by atoms with Gasteiger partial charge < -0.3 is 0 Å². The lowest BCUT2D eigenvalue weighted by Crippen LogP contribution is -2.52. The minimum absolute atomic E-state index is 0. The second kappa shape index (κ2) is 12.4. The fourth-order valence-corrected chi connectivity index (χ4v) is 8.01. The molecule has 3 rings (SSSR count). The summed E-state index contributed by atoms with van der Waals surface area (Å²) < 4.78 is 0. The van der Waals surface area contributed by atoms with E-state index in [1.807, 2.05) is 27.7 Å². The predicted octanol–water partition coefficient (Wildman–Crippen LogP) is 9.94. The number of fused-ring (bicyclic) bond motifs is 3. The molecule has 168 valence electrons. The Morgan fingerprint density at radius 3 is 2.04 bits per heavy atom. The van der Waals surface area contributed by atoms with Crippen LogP contribution in [-0.2, 0) is 0 Å². The molecule has 0 amide bonds. The van der Waals surface area contributed by atoms with Gasteiger partial charge in [-0.3, -0.25) is 0 Å². The van der Waals surface area contributed by atoms with E-state index in [0.717, 1.165) is 29.6 Å². The number of allylic oxidation sites excluding steroid dienone is 1. The third-order valence-electron chi connectivity index (χ3n) is 9.06. The second-order valence-electron chi connectivity index (χ2n) is 9.36. The van der Waals surface area contributed by atoms with Gasteiger partial charge in [0.2, 0.25) is 0 Å². The van der Waals surface area contributed by atoms with Gasteiger partial charge in [-0.2, -0.15) is 0 Å². The van der Waals surface area contributed by atoms with Crippen LogP contribution in [0, 0.1) is 40.4 Å². The third-order valence-corrected chi connectivity index (χ3v) is 9.06. The van der Waals surface area contributed by atoms with Crippen molar-refractivity contribution in [1.29, 1.82) is 0 Å². The molecule has 0 aliphatic heterocycles. The van der Waals surface area contributed by atoms with Crippen LogP contribution < -0.4 is 0 Å². The van der Waals surface area contributed by atoms with Gasteiger partial charge in [-0.15, -0.1) is 6.58 Å². The van der Waals surface area contributed by atoms with Gasteiger partial charge in [0.25, 0.3) is 0 Å². The average molecular weight is 393 g/mol. The van der Waals surface area contributed by atoms with E-state index in [9.17, 15) is 0 Å². The number of rotatable bonds is 5. The van der Waals surface area contributed by atoms with E-state index >= 15 is 0 Å². The molecule has 0 heteroatoms. The minimum Gasteiger partial charge on any atom is -0.103 e. The van der Waals surface area contributed by atoms with Gasteiger partial charge in [0, 0.05) is 0 Å². The fourth-order valence-electron chi connectivity index (χ4n) is 8.01. The quantitative estimate of drug-likeness (QED) is 0.408. The summed E-state index contributed by atoms with van der Waals surface area (Å²) in [5.74, 6) is 4.82. The topological polar surface area (TPSA) is 0 Å². The highest BCUT2D eigenvalue weighted by Gasteiger charge is 2.59. The molecule has 0 aromatic carbocycles. The summed E-state index contributed by atoms with van der Waals surface area (Å²) in [5.41, 5.74) is 1.24. The van der Waals surface area contributed by atoms with Crippen LogP contribution in [0.1, 0.15) is 127 Å². The molecule has 28 heavy (non-hydrogen) atoms. The zero-order valence-electron chi connectivity index (χ0n) is 20.2. The molecule has 0 radical (unpaired) electrons. The van der Waals surface area contributed by atoms with Crippen LogP contribution in [0.5, 0.6) is 0 Å². The van der Waals surface area contributed by atoms with Crippen molar-refractivity contribution in [3.8, 4) is 0 Å². The molecule has 0 nitrogen and oxygen atoms in total. The molecule has 7 unspecified atom stereocenters. The molecule has 3 fully saturated rings. The Labute approximate surface area is 180 Å². The Hall–Kier alpha value is -0.260. The maximum Gasteiger partial charge on any atom is -0.0179 e. The highest BCUT2D eigenvalue weighted by Crippen LogP contribution is 2.67. The molecule has 0 N–H and O–H groups in total. The molecule has 3 aliphatic carbocycles. The smallest absolute Gasteiger partial charge is 0.0179 e. The van der Waals surface area contributed by atoms with Crippen molar-refractivity contribution in [1.82, 2.24) is 0 Å². The summed E-state index contributed by atoms with van der Waals surface area (Å²) in [6.45, 7) is 22.2. The van der Waals surface area contributed by atoms with Crippen molar-refractivity contribution in [3.05, 3.63) is 12.7 Å². The molecule has 0 saturated heterocycles. The van der Waals surface area contributed by atoms with E-state index in [4.69, 9.17) is 0 Å². The van der Waals surface area contributed by atoms with Crippen molar-refractivity contribution in [2.75, 3.05) is 0 Å². The van der Waals surface area contributed by atoms with Crippen LogP contribution in [0.2, 0.25) is 0 Å². The van der Waals surface area contributed by atoms with E-state index in [1.165, 1.54) is 64.2 Å². The highest BCUT2D eigenvalue weighted by molar-refractivity contribution is 5.11. The SMILES string of the molecule is C.C=CC1CCC2C3CCC(CC)C(CC)(CCC)C3CCC12C.CC.CC. The molecular formula is C28H56. The largest absolute Gasteiger partial charge is 0.103 e. The second-order valence-corrected chi connectivity index (χ2v) is 9.36. The standard InChI is InChI=1S/C23H40.2C2H6.CH4/c1-6-15-23(9-4)18(8-3)10-12-19-20-13-11-17(7-2)22(20,5)16-14-21(19)23;2*1-2;/h7,17-21H,2,6,8-16H2,1,3-5H3;2*1-2H3;1H4. The first-order valence-electron chi connectivity index (χ1n) is 12.7. The van der Waals surface area contributed by atoms with Crippen molar-refractivity contribution in [2.24, 2.45) is 40.4 Å². The van der Waals surface area contributed by atoms with E-state index in [0.29, 0.717) is 10.8 Å². The third kappa shape index (κ3) is 4.57. The van der Waals surface area contributed by atoms with Gasteiger partial charge in [-0.25, -0.2) is 0 Å². The van der Waals surface area contributed by atoms with E-state index in [1.54, 1.807) is 0 Å². The first kappa shape index (κ1) is 27.7. The van der Waals surface area contributed by atoms with E-state index < -0.39 is 0 Å². The molecule has 0 bridgehead atoms. The monoisotopic (exact) mass is 392 g/mol. The molecule has 7 atom stereocenters. The summed E-state index contributed by atoms with van der Waals surface area (Å²) in [4.78, 5) is 0. The molecule has 3 saturated carbocycles. The molecule has 0 aromatic heterocycles. The Morgan fingerprint density at radius 1 is 0.893 bits per heavy atom. The van der Waals surface area contributed by atoms with Crippen LogP contribution in [0.25, 0.3) is 0 Å². The minimum atomic E-state index is 0.